The van der Waals surface area contributed by atoms with Crippen LogP contribution in [0.25, 0.3) is 0 Å². The summed E-state index contributed by atoms with van der Waals surface area (Å²) in [4.78, 5) is 12.0. The van der Waals surface area contributed by atoms with E-state index in [1.54, 1.807) is 7.11 Å². The van der Waals surface area contributed by atoms with E-state index in [1.807, 2.05) is 18.2 Å². The van der Waals surface area contributed by atoms with Crippen molar-refractivity contribution in [2.24, 2.45) is 0 Å². The lowest BCUT2D eigenvalue weighted by molar-refractivity contribution is -0.124. The van der Waals surface area contributed by atoms with Crippen molar-refractivity contribution >= 4 is 5.91 Å². The van der Waals surface area contributed by atoms with Crippen molar-refractivity contribution in [3.63, 3.8) is 0 Å². The predicted octanol–water partition coefficient (Wildman–Crippen LogP) is 5.24. The third kappa shape index (κ3) is 10.4. The summed E-state index contributed by atoms with van der Waals surface area (Å²) in [5.41, 5.74) is 1.17. The van der Waals surface area contributed by atoms with Crippen LogP contribution in [0.5, 0.6) is 0 Å². The van der Waals surface area contributed by atoms with Gasteiger partial charge < -0.3 is 10.1 Å². The van der Waals surface area contributed by atoms with Gasteiger partial charge in [0.05, 0.1) is 0 Å². The fourth-order valence-corrected chi connectivity index (χ4v) is 2.87. The minimum atomic E-state index is -0.238. The molecule has 3 heteroatoms. The first-order chi connectivity index (χ1) is 11.8. The zero-order chi connectivity index (χ0) is 17.5. The van der Waals surface area contributed by atoms with Gasteiger partial charge in [-0.05, 0) is 12.0 Å². The van der Waals surface area contributed by atoms with E-state index in [-0.39, 0.29) is 12.1 Å². The molecule has 1 amide bonds. The van der Waals surface area contributed by atoms with E-state index in [0.29, 0.717) is 12.8 Å². The van der Waals surface area contributed by atoms with Gasteiger partial charge in [0.25, 0.3) is 0 Å². The number of carbonyl (C=O) groups excluding carboxylic acids is 1. The summed E-state index contributed by atoms with van der Waals surface area (Å²) in [6, 6.07) is 10.1. The highest BCUT2D eigenvalue weighted by molar-refractivity contribution is 5.76. The Labute approximate surface area is 148 Å². The molecule has 0 fully saturated rings. The van der Waals surface area contributed by atoms with Gasteiger partial charge in [0.2, 0.25) is 5.91 Å². The molecule has 1 N–H and O–H groups in total. The van der Waals surface area contributed by atoms with Crippen LogP contribution in [0.4, 0.5) is 0 Å². The molecule has 1 atom stereocenters. The smallest absolute Gasteiger partial charge is 0.221 e. The topological polar surface area (TPSA) is 38.3 Å². The van der Waals surface area contributed by atoms with Crippen LogP contribution in [0.2, 0.25) is 0 Å². The van der Waals surface area contributed by atoms with Gasteiger partial charge in [-0.2, -0.15) is 0 Å². The normalized spacial score (nSPS) is 12.1. The van der Waals surface area contributed by atoms with Gasteiger partial charge >= 0.3 is 0 Å². The van der Waals surface area contributed by atoms with Crippen molar-refractivity contribution in [2.45, 2.75) is 83.8 Å². The van der Waals surface area contributed by atoms with Crippen LogP contribution in [-0.4, -0.2) is 19.2 Å². The SMILES string of the molecule is CCCCCCCCCCCC(=O)NC(Cc1ccccc1)OC. The average Bonchev–Trinajstić information content (AvgIpc) is 2.60. The largest absolute Gasteiger partial charge is 0.361 e. The number of rotatable bonds is 14. The molecule has 0 saturated heterocycles. The number of hydrogen-bond donors (Lipinski definition) is 1. The Morgan fingerprint density at radius 3 is 2.12 bits per heavy atom. The molecule has 0 aliphatic heterocycles. The van der Waals surface area contributed by atoms with Crippen molar-refractivity contribution in [2.75, 3.05) is 7.11 Å². The van der Waals surface area contributed by atoms with Crippen LogP contribution in [0.15, 0.2) is 30.3 Å². The number of amides is 1. The molecule has 1 unspecified atom stereocenters. The summed E-state index contributed by atoms with van der Waals surface area (Å²) in [6.07, 6.45) is 12.5. The highest BCUT2D eigenvalue weighted by Crippen LogP contribution is 2.11. The molecule has 1 aromatic carbocycles. The molecule has 0 aromatic heterocycles. The molecule has 0 aliphatic rings. The third-order valence-corrected chi connectivity index (χ3v) is 4.38. The summed E-state index contributed by atoms with van der Waals surface area (Å²) in [5.74, 6) is 0.0979. The Balaban J connectivity index is 2.05. The number of hydrogen-bond acceptors (Lipinski definition) is 2. The van der Waals surface area contributed by atoms with Gasteiger partial charge in [-0.1, -0.05) is 88.6 Å². The molecule has 3 nitrogen and oxygen atoms in total. The molecule has 0 saturated carbocycles. The van der Waals surface area contributed by atoms with Crippen molar-refractivity contribution < 1.29 is 9.53 Å². The van der Waals surface area contributed by atoms with E-state index in [0.717, 1.165) is 12.8 Å². The maximum atomic E-state index is 12.0. The Kier molecular flexibility index (Phi) is 12.1. The van der Waals surface area contributed by atoms with Gasteiger partial charge in [0.15, 0.2) is 0 Å². The highest BCUT2D eigenvalue weighted by Gasteiger charge is 2.11. The lowest BCUT2D eigenvalue weighted by atomic mass is 10.1. The lowest BCUT2D eigenvalue weighted by Crippen LogP contribution is -2.37. The van der Waals surface area contributed by atoms with Crippen molar-refractivity contribution in [1.29, 1.82) is 0 Å². The maximum Gasteiger partial charge on any atom is 0.221 e. The van der Waals surface area contributed by atoms with Gasteiger partial charge in [-0.25, -0.2) is 0 Å². The van der Waals surface area contributed by atoms with Crippen LogP contribution in [0.3, 0.4) is 0 Å². The first-order valence-corrected chi connectivity index (χ1v) is 9.62. The van der Waals surface area contributed by atoms with Gasteiger partial charge in [-0.15, -0.1) is 0 Å². The quantitative estimate of drug-likeness (QED) is 0.373. The van der Waals surface area contributed by atoms with Gasteiger partial charge in [0.1, 0.15) is 6.23 Å². The molecule has 24 heavy (non-hydrogen) atoms. The second kappa shape index (κ2) is 14.0. The molecule has 0 radical (unpaired) electrons. The zero-order valence-electron chi connectivity index (χ0n) is 15.6. The molecule has 1 aromatic rings. The molecule has 0 spiro atoms. The predicted molar refractivity (Wildman–Crippen MR) is 101 cm³/mol. The highest BCUT2D eigenvalue weighted by atomic mass is 16.5. The molecule has 136 valence electrons. The van der Waals surface area contributed by atoms with Crippen LogP contribution in [0, 0.1) is 0 Å². The minimum Gasteiger partial charge on any atom is -0.361 e. The molecular weight excluding hydrogens is 298 g/mol. The number of nitrogens with one attached hydrogen (secondary N) is 1. The van der Waals surface area contributed by atoms with Crippen molar-refractivity contribution in [1.82, 2.24) is 5.32 Å². The Morgan fingerprint density at radius 1 is 0.958 bits per heavy atom. The number of ether oxygens (including phenoxy) is 1. The lowest BCUT2D eigenvalue weighted by Gasteiger charge is -2.17. The summed E-state index contributed by atoms with van der Waals surface area (Å²) < 4.78 is 5.38. The standard InChI is InChI=1S/C21H35NO2/c1-3-4-5-6-7-8-9-10-14-17-20(23)22-21(24-2)18-19-15-12-11-13-16-19/h11-13,15-16,21H,3-10,14,17-18H2,1-2H3,(H,22,23). The summed E-state index contributed by atoms with van der Waals surface area (Å²) in [7, 11) is 1.65. The zero-order valence-corrected chi connectivity index (χ0v) is 15.6. The van der Waals surface area contributed by atoms with Gasteiger partial charge in [-0.3, -0.25) is 4.79 Å². The summed E-state index contributed by atoms with van der Waals surface area (Å²) in [5, 5.41) is 2.98. The number of benzene rings is 1. The summed E-state index contributed by atoms with van der Waals surface area (Å²) >= 11 is 0. The van der Waals surface area contributed by atoms with E-state index in [2.05, 4.69) is 24.4 Å². The average molecular weight is 334 g/mol. The number of unbranched alkanes of at least 4 members (excludes halogenated alkanes) is 8. The van der Waals surface area contributed by atoms with E-state index in [4.69, 9.17) is 4.74 Å². The van der Waals surface area contributed by atoms with Crippen LogP contribution < -0.4 is 5.32 Å². The monoisotopic (exact) mass is 333 g/mol. The van der Waals surface area contributed by atoms with Crippen molar-refractivity contribution in [3.8, 4) is 0 Å². The van der Waals surface area contributed by atoms with Crippen LogP contribution >= 0.6 is 0 Å². The fourth-order valence-electron chi connectivity index (χ4n) is 2.87. The second-order valence-corrected chi connectivity index (χ2v) is 6.56. The number of methoxy groups -OCH3 is 1. The van der Waals surface area contributed by atoms with Crippen molar-refractivity contribution in [3.05, 3.63) is 35.9 Å². The minimum absolute atomic E-state index is 0.0979. The molecular formula is C21H35NO2. The first-order valence-electron chi connectivity index (χ1n) is 9.62. The van der Waals surface area contributed by atoms with E-state index in [1.165, 1.54) is 50.5 Å². The Hall–Kier alpha value is -1.35. The van der Waals surface area contributed by atoms with Crippen LogP contribution in [0.1, 0.15) is 76.7 Å². The van der Waals surface area contributed by atoms with Crippen LogP contribution in [-0.2, 0) is 16.0 Å². The summed E-state index contributed by atoms with van der Waals surface area (Å²) in [6.45, 7) is 2.25. The molecule has 0 heterocycles. The Bertz CT molecular complexity index is 419. The Morgan fingerprint density at radius 2 is 1.54 bits per heavy atom. The maximum absolute atomic E-state index is 12.0. The number of carbonyl (C=O) groups is 1. The van der Waals surface area contributed by atoms with E-state index in [9.17, 15) is 4.79 Å². The molecule has 0 bridgehead atoms. The van der Waals surface area contributed by atoms with Gasteiger partial charge in [0, 0.05) is 20.0 Å². The molecule has 0 aliphatic carbocycles. The second-order valence-electron chi connectivity index (χ2n) is 6.56. The van der Waals surface area contributed by atoms with E-state index < -0.39 is 0 Å². The molecule has 1 rings (SSSR count). The van der Waals surface area contributed by atoms with E-state index >= 15 is 0 Å². The fraction of sp³-hybridized carbons (Fsp3) is 0.667. The third-order valence-electron chi connectivity index (χ3n) is 4.38. The first kappa shape index (κ1) is 20.7.